The van der Waals surface area contributed by atoms with E-state index in [1.165, 1.54) is 11.3 Å². The van der Waals surface area contributed by atoms with Crippen molar-refractivity contribution in [2.24, 2.45) is 0 Å². The first-order valence-corrected chi connectivity index (χ1v) is 5.85. The van der Waals surface area contributed by atoms with Gasteiger partial charge >= 0.3 is 5.97 Å². The largest absolute Gasteiger partial charge is 0.461 e. The van der Waals surface area contributed by atoms with Gasteiger partial charge in [0.1, 0.15) is 0 Å². The SMILES string of the molecule is CCOC(=O)c1nc(N)sc1C(C)CC. The first-order chi connectivity index (χ1) is 7.10. The molecular weight excluding hydrogens is 212 g/mol. The van der Waals surface area contributed by atoms with Crippen molar-refractivity contribution in [3.63, 3.8) is 0 Å². The number of nitrogens with two attached hydrogens (primary N) is 1. The van der Waals surface area contributed by atoms with Crippen LogP contribution in [0.15, 0.2) is 0 Å². The Balaban J connectivity index is 3.00. The molecule has 0 fully saturated rings. The summed E-state index contributed by atoms with van der Waals surface area (Å²) in [6.45, 7) is 6.25. The van der Waals surface area contributed by atoms with Gasteiger partial charge in [0.05, 0.1) is 6.61 Å². The van der Waals surface area contributed by atoms with Gasteiger partial charge in [0, 0.05) is 4.88 Å². The molecule has 4 nitrogen and oxygen atoms in total. The number of anilines is 1. The predicted octanol–water partition coefficient (Wildman–Crippen LogP) is 2.42. The third-order valence-electron chi connectivity index (χ3n) is 2.20. The molecule has 84 valence electrons. The molecule has 1 atom stereocenters. The van der Waals surface area contributed by atoms with E-state index in [4.69, 9.17) is 10.5 Å². The maximum Gasteiger partial charge on any atom is 0.358 e. The Bertz CT molecular complexity index is 349. The molecule has 1 aromatic heterocycles. The molecule has 0 aliphatic carbocycles. The molecule has 15 heavy (non-hydrogen) atoms. The number of hydrogen-bond acceptors (Lipinski definition) is 5. The van der Waals surface area contributed by atoms with Crippen LogP contribution in [-0.2, 0) is 4.74 Å². The molecule has 5 heteroatoms. The number of esters is 1. The number of aromatic nitrogens is 1. The van der Waals surface area contributed by atoms with Crippen molar-refractivity contribution >= 4 is 22.4 Å². The lowest BCUT2D eigenvalue weighted by Crippen LogP contribution is -2.08. The van der Waals surface area contributed by atoms with Crippen LogP contribution in [0.4, 0.5) is 5.13 Å². The predicted molar refractivity (Wildman–Crippen MR) is 61.2 cm³/mol. The lowest BCUT2D eigenvalue weighted by Gasteiger charge is -2.07. The minimum atomic E-state index is -0.374. The van der Waals surface area contributed by atoms with E-state index in [1.807, 2.05) is 0 Å². The van der Waals surface area contributed by atoms with Crippen molar-refractivity contribution in [3.05, 3.63) is 10.6 Å². The van der Waals surface area contributed by atoms with E-state index in [0.29, 0.717) is 23.4 Å². The standard InChI is InChI=1S/C10H16N2O2S/c1-4-6(3)8-7(9(13)14-5-2)12-10(11)15-8/h6H,4-5H2,1-3H3,(H2,11,12). The number of carbonyl (C=O) groups excluding carboxylic acids is 1. The van der Waals surface area contributed by atoms with E-state index in [-0.39, 0.29) is 5.97 Å². The van der Waals surface area contributed by atoms with Crippen molar-refractivity contribution in [1.29, 1.82) is 0 Å². The summed E-state index contributed by atoms with van der Waals surface area (Å²) in [5, 5.41) is 0.424. The Labute approximate surface area is 93.5 Å². The number of nitrogens with zero attached hydrogens (tertiary/aromatic N) is 1. The minimum Gasteiger partial charge on any atom is -0.461 e. The molecule has 0 aliphatic rings. The molecule has 1 aromatic rings. The van der Waals surface area contributed by atoms with E-state index >= 15 is 0 Å². The van der Waals surface area contributed by atoms with Crippen LogP contribution in [0.25, 0.3) is 0 Å². The quantitative estimate of drug-likeness (QED) is 0.804. The van der Waals surface area contributed by atoms with Gasteiger partial charge in [-0.2, -0.15) is 0 Å². The van der Waals surface area contributed by atoms with Gasteiger partial charge in [-0.3, -0.25) is 0 Å². The number of hydrogen-bond donors (Lipinski definition) is 1. The lowest BCUT2D eigenvalue weighted by atomic mass is 10.1. The number of thiazole rings is 1. The van der Waals surface area contributed by atoms with Crippen LogP contribution in [0, 0.1) is 0 Å². The molecule has 1 rings (SSSR count). The van der Waals surface area contributed by atoms with Gasteiger partial charge in [-0.1, -0.05) is 13.8 Å². The Morgan fingerprint density at radius 3 is 2.80 bits per heavy atom. The van der Waals surface area contributed by atoms with Crippen LogP contribution in [0.1, 0.15) is 48.5 Å². The third-order valence-corrected chi connectivity index (χ3v) is 3.31. The molecule has 1 heterocycles. The summed E-state index contributed by atoms with van der Waals surface area (Å²) in [5.41, 5.74) is 5.99. The van der Waals surface area contributed by atoms with Gasteiger partial charge in [0.2, 0.25) is 0 Å². The van der Waals surface area contributed by atoms with Gasteiger partial charge in [0.25, 0.3) is 0 Å². The minimum absolute atomic E-state index is 0.291. The van der Waals surface area contributed by atoms with Crippen LogP contribution in [0.2, 0.25) is 0 Å². The maximum absolute atomic E-state index is 11.6. The van der Waals surface area contributed by atoms with Gasteiger partial charge in [-0.15, -0.1) is 11.3 Å². The van der Waals surface area contributed by atoms with Crippen molar-refractivity contribution in [2.75, 3.05) is 12.3 Å². The summed E-state index contributed by atoms with van der Waals surface area (Å²) >= 11 is 1.37. The fourth-order valence-electron chi connectivity index (χ4n) is 1.21. The summed E-state index contributed by atoms with van der Waals surface area (Å²) in [6, 6.07) is 0. The summed E-state index contributed by atoms with van der Waals surface area (Å²) in [4.78, 5) is 16.5. The van der Waals surface area contributed by atoms with Crippen LogP contribution < -0.4 is 5.73 Å². The van der Waals surface area contributed by atoms with E-state index < -0.39 is 0 Å². The second kappa shape index (κ2) is 5.11. The smallest absolute Gasteiger partial charge is 0.358 e. The first-order valence-electron chi connectivity index (χ1n) is 5.03. The molecule has 0 amide bonds. The normalized spacial score (nSPS) is 12.5. The first kappa shape index (κ1) is 12.0. The highest BCUT2D eigenvalue weighted by Crippen LogP contribution is 2.30. The molecule has 0 saturated carbocycles. The number of carbonyl (C=O) groups is 1. The van der Waals surface area contributed by atoms with Crippen LogP contribution in [0.3, 0.4) is 0 Å². The number of nitrogen functional groups attached to an aromatic ring is 1. The topological polar surface area (TPSA) is 65.2 Å². The van der Waals surface area contributed by atoms with Gasteiger partial charge in [-0.05, 0) is 19.3 Å². The van der Waals surface area contributed by atoms with Crippen molar-refractivity contribution < 1.29 is 9.53 Å². The molecule has 2 N–H and O–H groups in total. The Kier molecular flexibility index (Phi) is 4.08. The summed E-state index contributed by atoms with van der Waals surface area (Å²) in [7, 11) is 0. The van der Waals surface area contributed by atoms with Crippen LogP contribution in [0.5, 0.6) is 0 Å². The highest BCUT2D eigenvalue weighted by molar-refractivity contribution is 7.15. The molecular formula is C10H16N2O2S. The lowest BCUT2D eigenvalue weighted by molar-refractivity contribution is 0.0519. The van der Waals surface area contributed by atoms with Crippen molar-refractivity contribution in [3.8, 4) is 0 Å². The van der Waals surface area contributed by atoms with Crippen LogP contribution >= 0.6 is 11.3 Å². The number of rotatable bonds is 4. The van der Waals surface area contributed by atoms with E-state index in [0.717, 1.165) is 11.3 Å². The van der Waals surface area contributed by atoms with E-state index in [9.17, 15) is 4.79 Å². The van der Waals surface area contributed by atoms with Gasteiger partial charge in [-0.25, -0.2) is 9.78 Å². The third kappa shape index (κ3) is 2.68. The Morgan fingerprint density at radius 2 is 2.27 bits per heavy atom. The maximum atomic E-state index is 11.6. The molecule has 0 saturated heterocycles. The van der Waals surface area contributed by atoms with Crippen molar-refractivity contribution in [2.45, 2.75) is 33.1 Å². The summed E-state index contributed by atoms with van der Waals surface area (Å²) < 4.78 is 4.93. The van der Waals surface area contributed by atoms with E-state index in [1.54, 1.807) is 6.92 Å². The van der Waals surface area contributed by atoms with Gasteiger partial charge < -0.3 is 10.5 Å². The van der Waals surface area contributed by atoms with Crippen LogP contribution in [-0.4, -0.2) is 17.6 Å². The number of ether oxygens (including phenoxy) is 1. The zero-order chi connectivity index (χ0) is 11.4. The monoisotopic (exact) mass is 228 g/mol. The van der Waals surface area contributed by atoms with Gasteiger partial charge in [0.15, 0.2) is 10.8 Å². The Morgan fingerprint density at radius 1 is 1.60 bits per heavy atom. The average Bonchev–Trinajstić information content (AvgIpc) is 2.59. The van der Waals surface area contributed by atoms with E-state index in [2.05, 4.69) is 18.8 Å². The molecule has 0 aromatic carbocycles. The Hall–Kier alpha value is -1.10. The fraction of sp³-hybridized carbons (Fsp3) is 0.600. The molecule has 0 spiro atoms. The second-order valence-corrected chi connectivity index (χ2v) is 4.36. The average molecular weight is 228 g/mol. The summed E-state index contributed by atoms with van der Waals surface area (Å²) in [5.74, 6) is -0.0834. The highest BCUT2D eigenvalue weighted by Gasteiger charge is 2.21. The molecule has 0 aliphatic heterocycles. The molecule has 0 bridgehead atoms. The fourth-order valence-corrected chi connectivity index (χ4v) is 2.17. The zero-order valence-electron chi connectivity index (χ0n) is 9.24. The second-order valence-electron chi connectivity index (χ2n) is 3.29. The molecule has 0 radical (unpaired) electrons. The summed E-state index contributed by atoms with van der Waals surface area (Å²) in [6.07, 6.45) is 0.952. The van der Waals surface area contributed by atoms with Crippen molar-refractivity contribution in [1.82, 2.24) is 4.98 Å². The highest BCUT2D eigenvalue weighted by atomic mass is 32.1. The zero-order valence-corrected chi connectivity index (χ0v) is 10.1. The molecule has 1 unspecified atom stereocenters.